The lowest BCUT2D eigenvalue weighted by Crippen LogP contribution is -2.61. The first kappa shape index (κ1) is 25.0. The quantitative estimate of drug-likeness (QED) is 0.266. The van der Waals surface area contributed by atoms with Gasteiger partial charge in [-0.05, 0) is 42.5 Å². The third-order valence-electron chi connectivity index (χ3n) is 7.63. The highest BCUT2D eigenvalue weighted by atomic mass is 35.5. The second-order valence-electron chi connectivity index (χ2n) is 9.58. The van der Waals surface area contributed by atoms with Gasteiger partial charge in [-0.25, -0.2) is 14.1 Å². The maximum absolute atomic E-state index is 14.4. The molecule has 0 spiro atoms. The van der Waals surface area contributed by atoms with Gasteiger partial charge in [0.05, 0.1) is 35.8 Å². The van der Waals surface area contributed by atoms with Crippen LogP contribution in [0.1, 0.15) is 41.2 Å². The van der Waals surface area contributed by atoms with Crippen LogP contribution in [0.4, 0.5) is 10.5 Å². The summed E-state index contributed by atoms with van der Waals surface area (Å²) in [5.41, 5.74) is 2.37. The third-order valence-corrected chi connectivity index (χ3v) is 7.96. The van der Waals surface area contributed by atoms with Gasteiger partial charge < -0.3 is 19.5 Å². The van der Waals surface area contributed by atoms with Crippen LogP contribution in [-0.2, 0) is 0 Å². The summed E-state index contributed by atoms with van der Waals surface area (Å²) in [7, 11) is 1.99. The third kappa shape index (κ3) is 4.86. The summed E-state index contributed by atoms with van der Waals surface area (Å²) >= 11 is 6.53. The maximum atomic E-state index is 14.4. The Morgan fingerprint density at radius 3 is 2.51 bits per heavy atom. The van der Waals surface area contributed by atoms with Gasteiger partial charge in [-0.2, -0.15) is 0 Å². The van der Waals surface area contributed by atoms with Crippen LogP contribution in [0.5, 0.6) is 11.5 Å². The smallest absolute Gasteiger partial charge is 0.493 e. The number of piperidine rings is 1. The molecule has 2 aliphatic rings. The van der Waals surface area contributed by atoms with Gasteiger partial charge in [0, 0.05) is 50.4 Å². The van der Waals surface area contributed by atoms with Crippen LogP contribution in [0.25, 0.3) is 0 Å². The number of amides is 1. The molecule has 0 aliphatic carbocycles. The first-order valence-corrected chi connectivity index (χ1v) is 12.7. The molecular formula is C28H29ClN3O5+. The summed E-state index contributed by atoms with van der Waals surface area (Å²) in [6, 6.07) is 15.9. The van der Waals surface area contributed by atoms with E-state index in [9.17, 15) is 9.59 Å². The van der Waals surface area contributed by atoms with Crippen molar-refractivity contribution in [2.75, 3.05) is 31.6 Å². The van der Waals surface area contributed by atoms with E-state index < -0.39 is 6.16 Å². The second-order valence-corrected chi connectivity index (χ2v) is 9.98. The Morgan fingerprint density at radius 1 is 1.08 bits per heavy atom. The molecule has 2 atom stereocenters. The number of pyridine rings is 1. The van der Waals surface area contributed by atoms with Crippen molar-refractivity contribution in [2.45, 2.75) is 31.3 Å². The fourth-order valence-corrected chi connectivity index (χ4v) is 5.96. The maximum Gasteiger partial charge on any atom is 0.511 e. The highest BCUT2D eigenvalue weighted by Gasteiger charge is 2.50. The normalized spacial score (nSPS) is 19.3. The predicted octanol–water partition coefficient (Wildman–Crippen LogP) is 5.57. The number of halogens is 1. The van der Waals surface area contributed by atoms with Gasteiger partial charge in [0.15, 0.2) is 0 Å². The summed E-state index contributed by atoms with van der Waals surface area (Å²) in [5, 5.41) is 9.57. The summed E-state index contributed by atoms with van der Waals surface area (Å²) in [6.45, 7) is 2.06. The minimum atomic E-state index is -1.39. The number of rotatable bonds is 5. The second kappa shape index (κ2) is 10.4. The monoisotopic (exact) mass is 522 g/mol. The number of carbonyl (C=O) groups excluding carboxylic acids is 1. The molecule has 1 saturated heterocycles. The number of hydrogen-bond acceptors (Lipinski definition) is 6. The molecule has 37 heavy (non-hydrogen) atoms. The Bertz CT molecular complexity index is 1300. The van der Waals surface area contributed by atoms with Crippen molar-refractivity contribution in [3.05, 3.63) is 83.1 Å². The van der Waals surface area contributed by atoms with E-state index in [1.54, 1.807) is 42.7 Å². The lowest BCUT2D eigenvalue weighted by molar-refractivity contribution is -0.888. The van der Waals surface area contributed by atoms with Gasteiger partial charge in [-0.1, -0.05) is 23.7 Å². The van der Waals surface area contributed by atoms with Gasteiger partial charge in [0.2, 0.25) is 0 Å². The molecule has 0 radical (unpaired) electrons. The number of hydrogen-bond donors (Lipinski definition) is 1. The molecule has 9 heteroatoms. The molecule has 192 valence electrons. The van der Waals surface area contributed by atoms with Crippen LogP contribution in [0.2, 0.25) is 5.02 Å². The minimum absolute atomic E-state index is 0.0156. The van der Waals surface area contributed by atoms with E-state index in [2.05, 4.69) is 9.88 Å². The number of carboxylic acid groups (broad SMARTS) is 1. The van der Waals surface area contributed by atoms with Crippen molar-refractivity contribution in [3.8, 4) is 11.5 Å². The van der Waals surface area contributed by atoms with E-state index in [0.29, 0.717) is 29.4 Å². The number of anilines is 1. The fraction of sp³-hybridized carbons (Fsp3) is 0.321. The molecule has 2 aliphatic heterocycles. The van der Waals surface area contributed by atoms with Crippen LogP contribution < -0.4 is 14.4 Å². The van der Waals surface area contributed by atoms with Crippen molar-refractivity contribution >= 4 is 29.4 Å². The average molecular weight is 523 g/mol. The molecule has 0 saturated carbocycles. The van der Waals surface area contributed by atoms with Gasteiger partial charge >= 0.3 is 12.1 Å². The number of aromatic nitrogens is 1. The van der Waals surface area contributed by atoms with Crippen molar-refractivity contribution in [3.63, 3.8) is 0 Å². The zero-order valence-corrected chi connectivity index (χ0v) is 21.3. The number of ether oxygens (including phenoxy) is 2. The molecule has 8 nitrogen and oxygen atoms in total. The first-order valence-electron chi connectivity index (χ1n) is 12.4. The largest absolute Gasteiger partial charge is 0.511 e. The van der Waals surface area contributed by atoms with Crippen LogP contribution in [-0.4, -0.2) is 59.4 Å². The molecule has 1 aromatic heterocycles. The van der Waals surface area contributed by atoms with E-state index in [4.69, 9.17) is 26.2 Å². The van der Waals surface area contributed by atoms with E-state index in [0.717, 1.165) is 37.2 Å². The number of nitrogens with zero attached hydrogens (tertiary/aromatic N) is 3. The number of benzene rings is 2. The Morgan fingerprint density at radius 2 is 1.81 bits per heavy atom. The number of quaternary nitrogens is 1. The molecule has 0 bridgehead atoms. The Kier molecular flexibility index (Phi) is 7.04. The lowest BCUT2D eigenvalue weighted by Gasteiger charge is -2.49. The van der Waals surface area contributed by atoms with Gasteiger partial charge in [0.1, 0.15) is 17.5 Å². The standard InChI is InChI=1S/C28H28ClN3O5/c1-32(27(33)22-4-2-3-5-24(22)29,20-10-15-31(16-11-20)19-8-13-30-14-9-19)25-12-17-36-26-7-6-21(18-23(25)26)37-28(34)35/h2-9,13-14,18,20,25H,10-12,15-17H2,1H3/p+1/t25-,32?/m1/s1. The summed E-state index contributed by atoms with van der Waals surface area (Å²) in [4.78, 5) is 32.1. The van der Waals surface area contributed by atoms with Gasteiger partial charge in [-0.15, -0.1) is 0 Å². The van der Waals surface area contributed by atoms with E-state index in [-0.39, 0.29) is 28.2 Å². The van der Waals surface area contributed by atoms with Crippen LogP contribution >= 0.6 is 11.6 Å². The SMILES string of the molecule is C[N+](C(=O)c1ccccc1Cl)(C1CCN(c2ccncc2)CC1)[C@@H]1CCOc2ccc(OC(=O)O)cc21. The zero-order valence-electron chi connectivity index (χ0n) is 20.5. The molecule has 1 unspecified atom stereocenters. The van der Waals surface area contributed by atoms with Crippen molar-refractivity contribution < 1.29 is 28.7 Å². The van der Waals surface area contributed by atoms with Gasteiger partial charge in [-0.3, -0.25) is 4.98 Å². The first-order chi connectivity index (χ1) is 17.9. The topological polar surface area (TPSA) is 89.0 Å². The Labute approximate surface area is 220 Å². The number of carbonyl (C=O) groups is 2. The van der Waals surface area contributed by atoms with Crippen molar-refractivity contribution in [1.82, 2.24) is 4.98 Å². The molecule has 2 aromatic carbocycles. The van der Waals surface area contributed by atoms with Crippen molar-refractivity contribution in [1.29, 1.82) is 0 Å². The predicted molar refractivity (Wildman–Crippen MR) is 139 cm³/mol. The Hall–Kier alpha value is -3.62. The van der Waals surface area contributed by atoms with E-state index in [1.165, 1.54) is 0 Å². The fourth-order valence-electron chi connectivity index (χ4n) is 5.75. The lowest BCUT2D eigenvalue weighted by atomic mass is 9.89. The number of fused-ring (bicyclic) bond motifs is 1. The molecule has 1 N–H and O–H groups in total. The van der Waals surface area contributed by atoms with Gasteiger partial charge in [0.25, 0.3) is 0 Å². The van der Waals surface area contributed by atoms with Crippen LogP contribution in [0.15, 0.2) is 67.0 Å². The Balaban J connectivity index is 1.54. The van der Waals surface area contributed by atoms with Crippen LogP contribution in [0, 0.1) is 0 Å². The summed E-state index contributed by atoms with van der Waals surface area (Å²) < 4.78 is 11.0. The molecule has 3 aromatic rings. The highest BCUT2D eigenvalue weighted by molar-refractivity contribution is 6.33. The molecule has 1 fully saturated rings. The summed E-state index contributed by atoms with van der Waals surface area (Å²) in [5.74, 6) is 0.779. The zero-order chi connectivity index (χ0) is 26.0. The molecule has 1 amide bonds. The van der Waals surface area contributed by atoms with E-state index >= 15 is 0 Å². The average Bonchev–Trinajstić information content (AvgIpc) is 2.92. The summed E-state index contributed by atoms with van der Waals surface area (Å²) in [6.07, 6.45) is 4.39. The molecular weight excluding hydrogens is 494 g/mol. The van der Waals surface area contributed by atoms with E-state index in [1.807, 2.05) is 31.3 Å². The van der Waals surface area contributed by atoms with Crippen LogP contribution in [0.3, 0.4) is 0 Å². The highest BCUT2D eigenvalue weighted by Crippen LogP contribution is 2.45. The van der Waals surface area contributed by atoms with Crippen molar-refractivity contribution in [2.24, 2.45) is 0 Å². The molecule has 3 heterocycles. The molecule has 5 rings (SSSR count). The minimum Gasteiger partial charge on any atom is -0.493 e.